The molecule has 0 fully saturated rings. The van der Waals surface area contributed by atoms with Crippen molar-refractivity contribution in [1.29, 1.82) is 5.26 Å². The Morgan fingerprint density at radius 2 is 2.25 bits per heavy atom. The minimum absolute atomic E-state index is 0.0316. The van der Waals surface area contributed by atoms with E-state index >= 15 is 0 Å². The van der Waals surface area contributed by atoms with E-state index in [2.05, 4.69) is 5.32 Å². The van der Waals surface area contributed by atoms with Crippen molar-refractivity contribution in [2.45, 2.75) is 6.54 Å². The molecule has 2 aromatic rings. The van der Waals surface area contributed by atoms with Gasteiger partial charge in [-0.3, -0.25) is 9.59 Å². The van der Waals surface area contributed by atoms with Gasteiger partial charge in [0.05, 0.1) is 5.56 Å². The average Bonchev–Trinajstić information content (AvgIpc) is 2.86. The number of thiophene rings is 1. The topological polar surface area (TPSA) is 99.9 Å². The monoisotopic (exact) mass is 287 g/mol. The van der Waals surface area contributed by atoms with Gasteiger partial charge in [0.15, 0.2) is 12.4 Å². The van der Waals surface area contributed by atoms with Gasteiger partial charge < -0.3 is 11.1 Å². The van der Waals surface area contributed by atoms with E-state index in [0.717, 1.165) is 0 Å². The maximum absolute atomic E-state index is 11.9. The van der Waals surface area contributed by atoms with E-state index in [1.165, 1.54) is 17.5 Å². The van der Waals surface area contributed by atoms with Crippen LogP contribution in [0.15, 0.2) is 36.0 Å². The number of rotatable bonds is 4. The van der Waals surface area contributed by atoms with Gasteiger partial charge in [-0.2, -0.15) is 9.83 Å². The molecule has 20 heavy (non-hydrogen) atoms. The molecule has 0 aliphatic heterocycles. The molecule has 100 valence electrons. The van der Waals surface area contributed by atoms with Crippen LogP contribution >= 0.6 is 11.3 Å². The van der Waals surface area contributed by atoms with Crippen molar-refractivity contribution < 1.29 is 14.2 Å². The standard InChI is InChI=1S/C13H10N4O2S/c14-6-9-3-5-20-13(9)16-11(18)8-17-4-1-2-10(7-17)12(15)19/h1-5,7H,8H2,(H2-,15,16,18,19)/p+1. The molecular formula is C13H11N4O2S+. The highest BCUT2D eigenvalue weighted by molar-refractivity contribution is 7.14. The number of nitrogens with one attached hydrogen (secondary N) is 1. The number of carbonyl (C=O) groups excluding carboxylic acids is 2. The van der Waals surface area contributed by atoms with Crippen molar-refractivity contribution in [3.05, 3.63) is 47.1 Å². The van der Waals surface area contributed by atoms with Crippen LogP contribution in [-0.2, 0) is 11.3 Å². The summed E-state index contributed by atoms with van der Waals surface area (Å²) in [6.07, 6.45) is 3.16. The molecule has 2 heterocycles. The number of nitrogens with zero attached hydrogens (tertiary/aromatic N) is 2. The van der Waals surface area contributed by atoms with E-state index in [4.69, 9.17) is 11.0 Å². The number of hydrogen-bond acceptors (Lipinski definition) is 4. The van der Waals surface area contributed by atoms with Gasteiger partial charge in [0.2, 0.25) is 6.54 Å². The number of primary amides is 1. The van der Waals surface area contributed by atoms with E-state index in [9.17, 15) is 9.59 Å². The number of aromatic nitrogens is 1. The van der Waals surface area contributed by atoms with Crippen LogP contribution in [0.2, 0.25) is 0 Å². The fourth-order valence-corrected chi connectivity index (χ4v) is 2.35. The molecule has 7 heteroatoms. The molecule has 0 saturated heterocycles. The summed E-state index contributed by atoms with van der Waals surface area (Å²) in [7, 11) is 0. The third-order valence-corrected chi connectivity index (χ3v) is 3.34. The van der Waals surface area contributed by atoms with Crippen LogP contribution in [0.3, 0.4) is 0 Å². The van der Waals surface area contributed by atoms with E-state index < -0.39 is 5.91 Å². The lowest BCUT2D eigenvalue weighted by Crippen LogP contribution is -2.40. The van der Waals surface area contributed by atoms with E-state index in [0.29, 0.717) is 16.1 Å². The lowest BCUT2D eigenvalue weighted by molar-refractivity contribution is -0.684. The van der Waals surface area contributed by atoms with Crippen LogP contribution < -0.4 is 15.6 Å². The van der Waals surface area contributed by atoms with E-state index in [-0.39, 0.29) is 12.5 Å². The second-order valence-corrected chi connectivity index (χ2v) is 4.87. The number of hydrogen-bond donors (Lipinski definition) is 2. The highest BCUT2D eigenvalue weighted by Gasteiger charge is 2.14. The largest absolute Gasteiger partial charge is 0.365 e. The molecule has 0 aromatic carbocycles. The van der Waals surface area contributed by atoms with Gasteiger partial charge in [-0.05, 0) is 17.5 Å². The van der Waals surface area contributed by atoms with Gasteiger partial charge in [0.1, 0.15) is 16.6 Å². The van der Waals surface area contributed by atoms with Crippen LogP contribution in [0.1, 0.15) is 15.9 Å². The number of amides is 2. The van der Waals surface area contributed by atoms with Gasteiger partial charge >= 0.3 is 0 Å². The minimum Gasteiger partial charge on any atom is -0.365 e. The Labute approximate surface area is 119 Å². The molecule has 2 rings (SSSR count). The van der Waals surface area contributed by atoms with Crippen molar-refractivity contribution in [1.82, 2.24) is 0 Å². The summed E-state index contributed by atoms with van der Waals surface area (Å²) in [6, 6.07) is 6.85. The predicted molar refractivity (Wildman–Crippen MR) is 72.8 cm³/mol. The molecule has 0 bridgehead atoms. The number of carbonyl (C=O) groups is 2. The molecule has 0 atom stereocenters. The first-order chi connectivity index (χ1) is 9.60. The SMILES string of the molecule is N#Cc1ccsc1NC(=O)C[n+]1cccc(C(N)=O)c1. The predicted octanol–water partition coefficient (Wildman–Crippen LogP) is 0.645. The highest BCUT2D eigenvalue weighted by atomic mass is 32.1. The normalized spacial score (nSPS) is 9.75. The molecule has 6 nitrogen and oxygen atoms in total. The summed E-state index contributed by atoms with van der Waals surface area (Å²) in [4.78, 5) is 22.9. The average molecular weight is 287 g/mol. The molecular weight excluding hydrogens is 276 g/mol. The van der Waals surface area contributed by atoms with Gasteiger partial charge in [0.25, 0.3) is 11.8 Å². The number of nitrogens with two attached hydrogens (primary N) is 1. The molecule has 3 N–H and O–H groups in total. The molecule has 0 spiro atoms. The van der Waals surface area contributed by atoms with Crippen molar-refractivity contribution in [3.8, 4) is 6.07 Å². The van der Waals surface area contributed by atoms with E-state index in [1.54, 1.807) is 34.3 Å². The Morgan fingerprint density at radius 3 is 2.95 bits per heavy atom. The third kappa shape index (κ3) is 3.18. The molecule has 0 unspecified atom stereocenters. The van der Waals surface area contributed by atoms with Crippen LogP contribution in [-0.4, -0.2) is 11.8 Å². The smallest absolute Gasteiger partial charge is 0.290 e. The maximum atomic E-state index is 11.9. The van der Waals surface area contributed by atoms with Crippen molar-refractivity contribution >= 4 is 28.2 Å². The fourth-order valence-electron chi connectivity index (χ4n) is 1.59. The van der Waals surface area contributed by atoms with Crippen LogP contribution in [0.4, 0.5) is 5.00 Å². The Kier molecular flexibility index (Phi) is 4.08. The summed E-state index contributed by atoms with van der Waals surface area (Å²) >= 11 is 1.28. The number of anilines is 1. The summed E-state index contributed by atoms with van der Waals surface area (Å²) < 4.78 is 1.55. The Balaban J connectivity index is 2.07. The van der Waals surface area contributed by atoms with Crippen molar-refractivity contribution in [3.63, 3.8) is 0 Å². The van der Waals surface area contributed by atoms with Gasteiger partial charge in [-0.25, -0.2) is 0 Å². The molecule has 2 amide bonds. The third-order valence-electron chi connectivity index (χ3n) is 2.51. The molecule has 2 aromatic heterocycles. The Morgan fingerprint density at radius 1 is 1.45 bits per heavy atom. The first kappa shape index (κ1) is 13.7. The minimum atomic E-state index is -0.551. The van der Waals surface area contributed by atoms with Gasteiger partial charge in [0, 0.05) is 6.07 Å². The molecule has 0 aliphatic rings. The number of pyridine rings is 1. The second kappa shape index (κ2) is 5.95. The van der Waals surface area contributed by atoms with Crippen LogP contribution in [0, 0.1) is 11.3 Å². The first-order valence-electron chi connectivity index (χ1n) is 5.66. The fraction of sp³-hybridized carbons (Fsp3) is 0.0769. The highest BCUT2D eigenvalue weighted by Crippen LogP contribution is 2.21. The molecule has 0 radical (unpaired) electrons. The summed E-state index contributed by atoms with van der Waals surface area (Å²) in [6.45, 7) is 0.0316. The zero-order valence-electron chi connectivity index (χ0n) is 10.4. The summed E-state index contributed by atoms with van der Waals surface area (Å²) in [5, 5.41) is 13.8. The van der Waals surface area contributed by atoms with Gasteiger partial charge in [-0.15, -0.1) is 11.3 Å². The van der Waals surface area contributed by atoms with Crippen LogP contribution in [0.5, 0.6) is 0 Å². The van der Waals surface area contributed by atoms with Crippen LogP contribution in [0.25, 0.3) is 0 Å². The lowest BCUT2D eigenvalue weighted by Gasteiger charge is -2.01. The summed E-state index contributed by atoms with van der Waals surface area (Å²) in [5.74, 6) is -0.833. The summed E-state index contributed by atoms with van der Waals surface area (Å²) in [5.41, 5.74) is 5.93. The Bertz CT molecular complexity index is 702. The number of nitriles is 1. The quantitative estimate of drug-likeness (QED) is 0.807. The molecule has 0 aliphatic carbocycles. The van der Waals surface area contributed by atoms with Gasteiger partial charge in [-0.1, -0.05) is 0 Å². The second-order valence-electron chi connectivity index (χ2n) is 3.95. The molecule has 0 saturated carbocycles. The zero-order valence-corrected chi connectivity index (χ0v) is 11.2. The van der Waals surface area contributed by atoms with Crippen molar-refractivity contribution in [2.75, 3.05) is 5.32 Å². The maximum Gasteiger partial charge on any atom is 0.290 e. The lowest BCUT2D eigenvalue weighted by atomic mass is 10.3. The first-order valence-corrected chi connectivity index (χ1v) is 6.54. The van der Waals surface area contributed by atoms with Crippen molar-refractivity contribution in [2.24, 2.45) is 5.73 Å². The van der Waals surface area contributed by atoms with E-state index in [1.807, 2.05) is 6.07 Å². The zero-order chi connectivity index (χ0) is 14.5. The Hall–Kier alpha value is -2.72.